The second kappa shape index (κ2) is 42.4. The van der Waals surface area contributed by atoms with E-state index in [-0.39, 0.29) is 107 Å². The third-order valence-corrected chi connectivity index (χ3v) is 20.9. The summed E-state index contributed by atoms with van der Waals surface area (Å²) in [6.45, 7) is 15.2. The molecule has 112 heavy (non-hydrogen) atoms. The number of aliphatic hydroxyl groups excluding tert-OH is 4. The molecule has 0 bridgehead atoms. The fourth-order valence-corrected chi connectivity index (χ4v) is 14.4. The Bertz CT molecular complexity index is 3550. The minimum absolute atomic E-state index is 0.000351. The number of hydroxylamine groups is 4. The molecular formula is C79H116N8O25. The number of hydrogen-bond acceptors (Lipinski definition) is 28. The average Bonchev–Trinajstić information content (AvgIpc) is 0.947. The summed E-state index contributed by atoms with van der Waals surface area (Å²) in [5.41, 5.74) is 5.54. The van der Waals surface area contributed by atoms with Gasteiger partial charge in [0.15, 0.2) is 12.6 Å². The molecule has 0 aromatic heterocycles. The number of likely N-dealkylation sites (N-methyl/N-ethyl adjacent to an activating group) is 3. The smallest absolute Gasteiger partial charge is 0.468 e. The summed E-state index contributed by atoms with van der Waals surface area (Å²) in [7, 11) is 4.94. The largest absolute Gasteiger partial charge is 0.469 e. The zero-order valence-corrected chi connectivity index (χ0v) is 65.7. The van der Waals surface area contributed by atoms with Gasteiger partial charge in [-0.1, -0.05) is 120 Å². The molecule has 5 heterocycles. The quantitative estimate of drug-likeness (QED) is 0.0384. The van der Waals surface area contributed by atoms with E-state index in [1.165, 1.54) is 17.0 Å². The standard InChI is InChI=1S/C35H55N3O10.C22H21N3O8.C22H40N2O7/c1-7-25-14-13-21(2)32(46-25)47-29-22(3)17-24(30(27(29)40)48-33-28(41)31(36-5)35(4,43)20-45-33)18-26(39)38(6)16-15-37-34(42)44-19-23-11-9-8-10-12-23;26-18-11-12-19(27)25(18)33-22(30)24(32-20(28)17-9-5-2-6-10-17)14-13-23-21(29)31-15-16-7-3-1-4-8-16;1-6-13-8-7-11(2)20(29-13)30-17-12(3)9-14(23)18(15(17)25)31-21-16(26)19(24-5)22(4,27)10-28-21/h8-12,14,21-22,24,27-33,36,40-41,43H,7,13,15-20H2,1-6H3,(H,37,42);1-10H,11-15H2,(H,23,29);8,11-12,14-21,24-27H,6-7,9-10,23H2,1-5H3/t21-,22+,24+,27+,28-,29?,30+,31-,32-,33-,35+;;11-,12+,14-,15+,16-,17?,18+,19-,20-,21-,22+/m1.1/s1. The van der Waals surface area contributed by atoms with Gasteiger partial charge in [0.05, 0.1) is 67.2 Å². The third kappa shape index (κ3) is 24.8. The van der Waals surface area contributed by atoms with Crippen molar-refractivity contribution in [3.8, 4) is 0 Å². The van der Waals surface area contributed by atoms with Gasteiger partial charge >= 0.3 is 24.2 Å². The number of allylic oxidation sites excluding steroid dienone is 4. The van der Waals surface area contributed by atoms with E-state index in [4.69, 9.17) is 62.8 Å². The van der Waals surface area contributed by atoms with E-state index in [2.05, 4.69) is 40.3 Å². The van der Waals surface area contributed by atoms with Crippen molar-refractivity contribution in [1.29, 1.82) is 0 Å². The van der Waals surface area contributed by atoms with Crippen LogP contribution < -0.4 is 27.0 Å². The zero-order valence-electron chi connectivity index (χ0n) is 65.7. The fraction of sp³-hybridized carbons (Fsp3) is 0.633. The van der Waals surface area contributed by atoms with Crippen molar-refractivity contribution in [1.82, 2.24) is 36.3 Å². The van der Waals surface area contributed by atoms with E-state index in [1.54, 1.807) is 77.5 Å². The van der Waals surface area contributed by atoms with Crippen molar-refractivity contribution in [2.24, 2.45) is 35.3 Å². The highest BCUT2D eigenvalue weighted by Gasteiger charge is 2.54. The second-order valence-electron chi connectivity index (χ2n) is 30.0. The van der Waals surface area contributed by atoms with Crippen molar-refractivity contribution in [3.05, 3.63) is 131 Å². The predicted octanol–water partition coefficient (Wildman–Crippen LogP) is 4.69. The van der Waals surface area contributed by atoms with E-state index in [9.17, 15) is 64.2 Å². The van der Waals surface area contributed by atoms with Gasteiger partial charge in [0.1, 0.15) is 54.9 Å². The Labute approximate surface area is 653 Å². The minimum Gasteiger partial charge on any atom is -0.469 e. The molecule has 3 aromatic rings. The molecule has 2 saturated carbocycles. The summed E-state index contributed by atoms with van der Waals surface area (Å²) in [6, 6.07) is 24.3. The van der Waals surface area contributed by atoms with E-state index >= 15 is 0 Å². The van der Waals surface area contributed by atoms with E-state index in [0.29, 0.717) is 23.0 Å². The van der Waals surface area contributed by atoms with Gasteiger partial charge in [-0.2, -0.15) is 0 Å². The third-order valence-electron chi connectivity index (χ3n) is 20.9. The van der Waals surface area contributed by atoms with Gasteiger partial charge < -0.3 is 120 Å². The van der Waals surface area contributed by atoms with Crippen molar-refractivity contribution < 1.29 is 121 Å². The number of aliphatic hydroxyl groups is 6. The van der Waals surface area contributed by atoms with Crippen molar-refractivity contribution >= 4 is 42.0 Å². The van der Waals surface area contributed by atoms with Crippen LogP contribution in [0.3, 0.4) is 0 Å². The molecule has 2 unspecified atom stereocenters. The predicted molar refractivity (Wildman–Crippen MR) is 401 cm³/mol. The monoisotopic (exact) mass is 1580 g/mol. The molecule has 33 heteroatoms. The van der Waals surface area contributed by atoms with Crippen LogP contribution in [0, 0.1) is 29.6 Å². The zero-order chi connectivity index (χ0) is 81.6. The highest BCUT2D eigenvalue weighted by Crippen LogP contribution is 2.41. The summed E-state index contributed by atoms with van der Waals surface area (Å²) in [4.78, 5) is 97.2. The number of imide groups is 1. The number of nitrogens with two attached hydrogens (primary N) is 1. The molecule has 12 N–H and O–H groups in total. The number of amides is 6. The molecular weight excluding hydrogens is 1460 g/mol. The number of carbonyl (C=O) groups is 7. The molecule has 3 saturated heterocycles. The lowest BCUT2D eigenvalue weighted by molar-refractivity contribution is -0.312. The number of rotatable bonds is 26. The molecule has 5 fully saturated rings. The average molecular weight is 1580 g/mol. The van der Waals surface area contributed by atoms with Gasteiger partial charge in [0, 0.05) is 76.7 Å². The highest BCUT2D eigenvalue weighted by molar-refractivity contribution is 6.01. The minimum atomic E-state index is -1.35. The first-order valence-electron chi connectivity index (χ1n) is 38.5. The van der Waals surface area contributed by atoms with Crippen molar-refractivity contribution in [2.75, 3.05) is 60.5 Å². The Hall–Kier alpha value is -7.97. The summed E-state index contributed by atoms with van der Waals surface area (Å²) in [6.07, 6.45) is -5.05. The van der Waals surface area contributed by atoms with Crippen LogP contribution in [0.4, 0.5) is 14.4 Å². The summed E-state index contributed by atoms with van der Waals surface area (Å²) in [5, 5.41) is 77.8. The van der Waals surface area contributed by atoms with Crippen LogP contribution in [-0.2, 0) is 84.6 Å². The lowest BCUT2D eigenvalue weighted by Gasteiger charge is -2.49. The van der Waals surface area contributed by atoms with E-state index in [1.807, 2.05) is 71.0 Å². The summed E-state index contributed by atoms with van der Waals surface area (Å²) >= 11 is 0. The number of nitrogens with zero attached hydrogens (tertiary/aromatic N) is 3. The second-order valence-corrected chi connectivity index (χ2v) is 30.0. The van der Waals surface area contributed by atoms with Gasteiger partial charge in [-0.15, -0.1) is 10.1 Å². The number of carbonyl (C=O) groups excluding carboxylic acids is 7. The number of alkyl carbamates (subject to hydrolysis) is 2. The molecule has 6 amide bonds. The van der Waals surface area contributed by atoms with Gasteiger partial charge in [-0.3, -0.25) is 14.4 Å². The van der Waals surface area contributed by atoms with E-state index < -0.39 is 145 Å². The molecule has 33 nitrogen and oxygen atoms in total. The topological polar surface area (TPSA) is 435 Å². The molecule has 10 rings (SSSR count). The van der Waals surface area contributed by atoms with Crippen molar-refractivity contribution in [3.63, 3.8) is 0 Å². The van der Waals surface area contributed by atoms with Gasteiger partial charge in [-0.05, 0) is 107 Å². The Kier molecular flexibility index (Phi) is 33.9. The Morgan fingerprint density at radius 2 is 1.01 bits per heavy atom. The normalized spacial score (nSPS) is 32.4. The SMILES string of the molecule is CCC1=CC[C@@H](C)[C@@H](OC2[C@@H](C)C[C@@H](CC(=O)N(C)CCNC(=O)OCc3ccccc3)[C@H](O[C@H]3OC[C@](C)(O)[C@H](NC)[C@H]3O)[C@H]2O)O1.CCC1=CC[C@@H](C)[C@@H](OC2[C@@H](C)C[C@@H](N)[C@H](O[C@H]3OC[C@](C)(O)[C@H](NC)[C@H]3O)[C@H]2O)O1.O=C(NCCN(OC(=O)c1ccccc1)C(=O)ON1C(=O)CCC1=O)OCc1ccccc1. The van der Waals surface area contributed by atoms with Crippen LogP contribution in [0.15, 0.2) is 115 Å². The van der Waals surface area contributed by atoms with Crippen LogP contribution in [0.1, 0.15) is 135 Å². The van der Waals surface area contributed by atoms with E-state index in [0.717, 1.165) is 48.3 Å². The first kappa shape index (κ1) is 89.6. The fourth-order valence-electron chi connectivity index (χ4n) is 14.4. The molecule has 22 atom stereocenters. The Morgan fingerprint density at radius 3 is 1.47 bits per heavy atom. The lowest BCUT2D eigenvalue weighted by atomic mass is 9.74. The summed E-state index contributed by atoms with van der Waals surface area (Å²) in [5.74, 6) is -1.09. The van der Waals surface area contributed by atoms with Crippen LogP contribution in [0.2, 0.25) is 0 Å². The molecule has 0 radical (unpaired) electrons. The molecule has 2 aliphatic carbocycles. The highest BCUT2D eigenvalue weighted by atomic mass is 16.8. The number of nitrogens with one attached hydrogen (secondary N) is 4. The number of ether oxygens (including phenoxy) is 10. The molecule has 7 aliphatic rings. The van der Waals surface area contributed by atoms with Crippen LogP contribution in [0.5, 0.6) is 0 Å². The summed E-state index contributed by atoms with van der Waals surface area (Å²) < 4.78 is 58.8. The Morgan fingerprint density at radius 1 is 0.580 bits per heavy atom. The van der Waals surface area contributed by atoms with Gasteiger partial charge in [-0.25, -0.2) is 19.2 Å². The first-order chi connectivity index (χ1) is 53.4. The number of benzene rings is 3. The van der Waals surface area contributed by atoms with Gasteiger partial charge in [0.25, 0.3) is 11.8 Å². The maximum atomic E-state index is 13.5. The number of hydrogen-bond donors (Lipinski definition) is 11. The molecule has 622 valence electrons. The van der Waals surface area contributed by atoms with Crippen LogP contribution in [0.25, 0.3) is 0 Å². The molecule has 5 aliphatic heterocycles. The Balaban J connectivity index is 0.000000218. The maximum Gasteiger partial charge on any atom is 0.468 e. The molecule has 0 spiro atoms. The van der Waals surface area contributed by atoms with Crippen LogP contribution in [-0.4, -0.2) is 251 Å². The van der Waals surface area contributed by atoms with Crippen LogP contribution >= 0.6 is 0 Å². The maximum absolute atomic E-state index is 13.5. The first-order valence-corrected chi connectivity index (χ1v) is 38.5. The lowest BCUT2D eigenvalue weighted by Crippen LogP contribution is -2.67. The molecule has 3 aromatic carbocycles. The van der Waals surface area contributed by atoms with Gasteiger partial charge in [0.2, 0.25) is 18.5 Å². The van der Waals surface area contributed by atoms with Crippen molar-refractivity contribution in [2.45, 2.75) is 230 Å².